The van der Waals surface area contributed by atoms with Gasteiger partial charge in [-0.3, -0.25) is 0 Å². The summed E-state index contributed by atoms with van der Waals surface area (Å²) in [7, 11) is 0. The van der Waals surface area contributed by atoms with E-state index < -0.39 is 6.10 Å². The Morgan fingerprint density at radius 2 is 1.59 bits per heavy atom. The second kappa shape index (κ2) is 10.6. The minimum absolute atomic E-state index is 0.497. The molecule has 152 valence electrons. The number of para-hydroxylation sites is 1. The number of aryl methyl sites for hydroxylation is 2. The number of aliphatic hydroxyl groups is 1. The molecule has 0 bridgehead atoms. The number of rotatable bonds is 10. The molecule has 3 aromatic carbocycles. The van der Waals surface area contributed by atoms with Crippen LogP contribution in [0, 0.1) is 13.8 Å². The lowest BCUT2D eigenvalue weighted by atomic mass is 10.1. The molecule has 0 saturated carbocycles. The molecular weight excluding hydrogens is 360 g/mol. The van der Waals surface area contributed by atoms with Crippen molar-refractivity contribution in [3.8, 4) is 5.75 Å². The van der Waals surface area contributed by atoms with Crippen LogP contribution in [0.15, 0.2) is 72.8 Å². The zero-order chi connectivity index (χ0) is 20.5. The molecule has 3 aromatic rings. The standard InChI is InChI=1S/C25H30N2O2/c1-19-8-6-9-20(2)25(19)27-15-14-26-17-24(28)22-12-7-13-23(16-22)29-18-21-10-4-3-5-11-21/h3-13,16,24,26-28H,14-15,17-18H2,1-2H3. The lowest BCUT2D eigenvalue weighted by Crippen LogP contribution is -2.27. The van der Waals surface area contributed by atoms with Crippen molar-refractivity contribution < 1.29 is 9.84 Å². The maximum Gasteiger partial charge on any atom is 0.120 e. The fourth-order valence-corrected chi connectivity index (χ4v) is 3.28. The Morgan fingerprint density at radius 3 is 2.34 bits per heavy atom. The molecule has 0 aliphatic rings. The number of anilines is 1. The van der Waals surface area contributed by atoms with E-state index in [-0.39, 0.29) is 0 Å². The third-order valence-electron chi connectivity index (χ3n) is 4.91. The highest BCUT2D eigenvalue weighted by Crippen LogP contribution is 2.20. The van der Waals surface area contributed by atoms with E-state index in [1.165, 1.54) is 16.8 Å². The van der Waals surface area contributed by atoms with Crippen LogP contribution in [0.3, 0.4) is 0 Å². The molecule has 4 heteroatoms. The second-order valence-corrected chi connectivity index (χ2v) is 7.26. The predicted octanol–water partition coefficient (Wildman–Crippen LogP) is 4.62. The van der Waals surface area contributed by atoms with Crippen LogP contribution in [-0.2, 0) is 6.61 Å². The van der Waals surface area contributed by atoms with E-state index >= 15 is 0 Å². The summed E-state index contributed by atoms with van der Waals surface area (Å²) in [5.41, 5.74) is 5.66. The van der Waals surface area contributed by atoms with Gasteiger partial charge in [0, 0.05) is 25.3 Å². The highest BCUT2D eigenvalue weighted by atomic mass is 16.5. The summed E-state index contributed by atoms with van der Waals surface area (Å²) in [4.78, 5) is 0. The lowest BCUT2D eigenvalue weighted by Gasteiger charge is -2.15. The number of nitrogens with one attached hydrogen (secondary N) is 2. The third kappa shape index (κ3) is 6.34. The third-order valence-corrected chi connectivity index (χ3v) is 4.91. The number of aliphatic hydroxyl groups excluding tert-OH is 1. The summed E-state index contributed by atoms with van der Waals surface area (Å²) in [6.45, 7) is 6.81. The Morgan fingerprint density at radius 1 is 0.862 bits per heavy atom. The molecule has 0 heterocycles. The van der Waals surface area contributed by atoms with Gasteiger partial charge in [0.15, 0.2) is 0 Å². The minimum Gasteiger partial charge on any atom is -0.489 e. The Labute approximate surface area is 173 Å². The Balaban J connectivity index is 1.43. The van der Waals surface area contributed by atoms with Gasteiger partial charge in [0.1, 0.15) is 12.4 Å². The van der Waals surface area contributed by atoms with Crippen LogP contribution in [0.4, 0.5) is 5.69 Å². The van der Waals surface area contributed by atoms with E-state index in [0.717, 1.165) is 30.0 Å². The van der Waals surface area contributed by atoms with E-state index in [1.807, 2.05) is 54.6 Å². The van der Waals surface area contributed by atoms with Gasteiger partial charge in [0.2, 0.25) is 0 Å². The van der Waals surface area contributed by atoms with E-state index in [0.29, 0.717) is 13.2 Å². The average Bonchev–Trinajstić information content (AvgIpc) is 2.74. The fraction of sp³-hybridized carbons (Fsp3) is 0.280. The SMILES string of the molecule is Cc1cccc(C)c1NCCNCC(O)c1cccc(OCc2ccccc2)c1. The normalized spacial score (nSPS) is 11.8. The largest absolute Gasteiger partial charge is 0.489 e. The summed E-state index contributed by atoms with van der Waals surface area (Å²) in [5.74, 6) is 0.766. The van der Waals surface area contributed by atoms with Gasteiger partial charge in [-0.2, -0.15) is 0 Å². The van der Waals surface area contributed by atoms with E-state index in [9.17, 15) is 5.11 Å². The monoisotopic (exact) mass is 390 g/mol. The maximum atomic E-state index is 10.5. The topological polar surface area (TPSA) is 53.5 Å². The molecule has 3 N–H and O–H groups in total. The first-order valence-corrected chi connectivity index (χ1v) is 10.1. The second-order valence-electron chi connectivity index (χ2n) is 7.26. The van der Waals surface area contributed by atoms with Gasteiger partial charge in [-0.1, -0.05) is 60.7 Å². The first-order valence-electron chi connectivity index (χ1n) is 10.1. The number of hydrogen-bond donors (Lipinski definition) is 3. The summed E-state index contributed by atoms with van der Waals surface area (Å²) < 4.78 is 5.86. The van der Waals surface area contributed by atoms with Crippen LogP contribution in [0.5, 0.6) is 5.75 Å². The zero-order valence-corrected chi connectivity index (χ0v) is 17.2. The lowest BCUT2D eigenvalue weighted by molar-refractivity contribution is 0.175. The van der Waals surface area contributed by atoms with E-state index in [1.54, 1.807) is 0 Å². The summed E-state index contributed by atoms with van der Waals surface area (Å²) in [6, 6.07) is 24.0. The molecule has 0 aliphatic carbocycles. The van der Waals surface area contributed by atoms with Gasteiger partial charge in [0.25, 0.3) is 0 Å². The molecule has 1 atom stereocenters. The first kappa shape index (κ1) is 20.9. The van der Waals surface area contributed by atoms with Crippen molar-refractivity contribution in [1.29, 1.82) is 0 Å². The van der Waals surface area contributed by atoms with E-state index in [4.69, 9.17) is 4.74 Å². The molecule has 1 unspecified atom stereocenters. The van der Waals surface area contributed by atoms with Crippen LogP contribution in [0.2, 0.25) is 0 Å². The molecule has 0 fully saturated rings. The van der Waals surface area contributed by atoms with E-state index in [2.05, 4.69) is 42.7 Å². The van der Waals surface area contributed by atoms with Crippen molar-refractivity contribution >= 4 is 5.69 Å². The maximum absolute atomic E-state index is 10.5. The molecule has 0 radical (unpaired) electrons. The smallest absolute Gasteiger partial charge is 0.120 e. The molecule has 0 spiro atoms. The zero-order valence-electron chi connectivity index (χ0n) is 17.2. The molecule has 0 aliphatic heterocycles. The Hall–Kier alpha value is -2.82. The van der Waals surface area contributed by atoms with Crippen molar-refractivity contribution in [3.05, 3.63) is 95.1 Å². The average molecular weight is 391 g/mol. The quantitative estimate of drug-likeness (QED) is 0.442. The molecule has 0 saturated heterocycles. The van der Waals surface area contributed by atoms with Crippen LogP contribution in [-0.4, -0.2) is 24.7 Å². The van der Waals surface area contributed by atoms with Crippen molar-refractivity contribution in [1.82, 2.24) is 5.32 Å². The van der Waals surface area contributed by atoms with Crippen LogP contribution in [0.25, 0.3) is 0 Å². The summed E-state index contributed by atoms with van der Waals surface area (Å²) >= 11 is 0. The van der Waals surface area contributed by atoms with Crippen molar-refractivity contribution in [2.24, 2.45) is 0 Å². The van der Waals surface area contributed by atoms with Gasteiger partial charge in [0.05, 0.1) is 6.10 Å². The van der Waals surface area contributed by atoms with Gasteiger partial charge in [-0.25, -0.2) is 0 Å². The van der Waals surface area contributed by atoms with Crippen LogP contribution < -0.4 is 15.4 Å². The molecule has 29 heavy (non-hydrogen) atoms. The number of hydrogen-bond acceptors (Lipinski definition) is 4. The number of benzene rings is 3. The van der Waals surface area contributed by atoms with Gasteiger partial charge >= 0.3 is 0 Å². The highest BCUT2D eigenvalue weighted by Gasteiger charge is 2.08. The molecule has 0 aromatic heterocycles. The van der Waals surface area contributed by atoms with Gasteiger partial charge in [-0.15, -0.1) is 0 Å². The Kier molecular flexibility index (Phi) is 7.68. The predicted molar refractivity (Wildman–Crippen MR) is 119 cm³/mol. The minimum atomic E-state index is -0.574. The first-order chi connectivity index (χ1) is 14.1. The fourth-order valence-electron chi connectivity index (χ4n) is 3.28. The van der Waals surface area contributed by atoms with Gasteiger partial charge in [-0.05, 0) is 48.2 Å². The number of ether oxygens (including phenoxy) is 1. The van der Waals surface area contributed by atoms with Crippen LogP contribution in [0.1, 0.15) is 28.4 Å². The van der Waals surface area contributed by atoms with Gasteiger partial charge < -0.3 is 20.5 Å². The summed E-state index contributed by atoms with van der Waals surface area (Å²) in [6.07, 6.45) is -0.574. The van der Waals surface area contributed by atoms with Crippen molar-refractivity contribution in [3.63, 3.8) is 0 Å². The van der Waals surface area contributed by atoms with Crippen molar-refractivity contribution in [2.45, 2.75) is 26.6 Å². The molecule has 0 amide bonds. The molecule has 4 nitrogen and oxygen atoms in total. The molecule has 3 rings (SSSR count). The molecular formula is C25H30N2O2. The van der Waals surface area contributed by atoms with Crippen LogP contribution >= 0.6 is 0 Å². The Bertz CT molecular complexity index is 876. The summed E-state index contributed by atoms with van der Waals surface area (Å²) in [5, 5.41) is 17.3. The highest BCUT2D eigenvalue weighted by molar-refractivity contribution is 5.56. The van der Waals surface area contributed by atoms with Crippen molar-refractivity contribution in [2.75, 3.05) is 25.0 Å².